The van der Waals surface area contributed by atoms with Gasteiger partial charge in [-0.2, -0.15) is 0 Å². The lowest BCUT2D eigenvalue weighted by Crippen LogP contribution is -2.23. The molecule has 1 unspecified atom stereocenters. The van der Waals surface area contributed by atoms with Crippen molar-refractivity contribution in [2.75, 3.05) is 7.11 Å². The molecular formula is C23H30O3. The van der Waals surface area contributed by atoms with Gasteiger partial charge in [0, 0.05) is 7.11 Å². The minimum Gasteiger partial charge on any atom is -0.431 e. The maximum atomic E-state index is 12.0. The number of esters is 1. The largest absolute Gasteiger partial charge is 0.431 e. The van der Waals surface area contributed by atoms with Gasteiger partial charge in [0.05, 0.1) is 11.8 Å². The topological polar surface area (TPSA) is 35.5 Å². The van der Waals surface area contributed by atoms with Crippen LogP contribution in [0.2, 0.25) is 0 Å². The van der Waals surface area contributed by atoms with Gasteiger partial charge in [0.1, 0.15) is 5.60 Å². The van der Waals surface area contributed by atoms with Gasteiger partial charge in [-0.1, -0.05) is 43.7 Å². The summed E-state index contributed by atoms with van der Waals surface area (Å²) in [5.41, 5.74) is 2.88. The molecule has 1 aromatic carbocycles. The molecule has 3 heteroatoms. The van der Waals surface area contributed by atoms with Crippen LogP contribution in [0.25, 0.3) is 0 Å². The summed E-state index contributed by atoms with van der Waals surface area (Å²) in [6.07, 6.45) is 11.0. The average Bonchev–Trinajstić information content (AvgIpc) is 2.61. The van der Waals surface area contributed by atoms with Gasteiger partial charge in [0.15, 0.2) is 0 Å². The number of carbonyl (C=O) groups is 1. The minimum absolute atomic E-state index is 0.178. The van der Waals surface area contributed by atoms with Gasteiger partial charge < -0.3 is 9.47 Å². The maximum absolute atomic E-state index is 12.0. The molecule has 0 aromatic heterocycles. The molecule has 140 valence electrons. The van der Waals surface area contributed by atoms with E-state index in [-0.39, 0.29) is 11.4 Å². The number of allylic oxidation sites excluding steroid dienone is 3. The number of rotatable bonds is 6. The first-order chi connectivity index (χ1) is 12.3. The first-order valence-electron chi connectivity index (χ1n) is 9.16. The van der Waals surface area contributed by atoms with E-state index in [1.165, 1.54) is 30.2 Å². The molecule has 0 aliphatic heterocycles. The predicted molar refractivity (Wildman–Crippen MR) is 106 cm³/mol. The van der Waals surface area contributed by atoms with Crippen LogP contribution in [0.3, 0.4) is 0 Å². The summed E-state index contributed by atoms with van der Waals surface area (Å²) in [6.45, 7) is 8.73. The van der Waals surface area contributed by atoms with Crippen molar-refractivity contribution in [1.82, 2.24) is 0 Å². The third-order valence-electron chi connectivity index (χ3n) is 5.15. The highest BCUT2D eigenvalue weighted by molar-refractivity contribution is 5.89. The smallest absolute Gasteiger partial charge is 0.342 e. The van der Waals surface area contributed by atoms with E-state index in [0.29, 0.717) is 5.56 Å². The lowest BCUT2D eigenvalue weighted by molar-refractivity contribution is 0.0638. The highest BCUT2D eigenvalue weighted by atomic mass is 16.5. The molecule has 0 saturated carbocycles. The highest BCUT2D eigenvalue weighted by Crippen LogP contribution is 2.41. The zero-order valence-electron chi connectivity index (χ0n) is 16.5. The summed E-state index contributed by atoms with van der Waals surface area (Å²) >= 11 is 0. The molecule has 0 heterocycles. The normalized spacial score (nSPS) is 19.7. The molecular weight excluding hydrogens is 324 g/mol. The zero-order chi connectivity index (χ0) is 19.2. The van der Waals surface area contributed by atoms with Crippen LogP contribution in [0.1, 0.15) is 57.3 Å². The molecule has 0 spiro atoms. The van der Waals surface area contributed by atoms with Gasteiger partial charge in [-0.05, 0) is 68.4 Å². The number of carbonyl (C=O) groups excluding carboxylic acids is 1. The first-order valence-corrected chi connectivity index (χ1v) is 9.16. The standard InChI is InChI=1S/C23H30O3/c1-18-10-9-14-22(2,3)20(18)13-15-23(4,25-5)16-17-26-21(24)19-11-7-6-8-12-19/h6-8,11-13,15-17H,9-10,14H2,1-5H3/b15-13+,17-16-. The molecule has 2 rings (SSSR count). The molecule has 1 aromatic rings. The van der Waals surface area contributed by atoms with Crippen LogP contribution in [0, 0.1) is 5.41 Å². The molecule has 0 saturated heterocycles. The van der Waals surface area contributed by atoms with Crippen molar-refractivity contribution >= 4 is 5.97 Å². The van der Waals surface area contributed by atoms with Gasteiger partial charge >= 0.3 is 5.97 Å². The Morgan fingerprint density at radius 2 is 1.88 bits per heavy atom. The Morgan fingerprint density at radius 3 is 2.50 bits per heavy atom. The summed E-state index contributed by atoms with van der Waals surface area (Å²) in [6, 6.07) is 8.94. The Bertz CT molecular complexity index is 710. The predicted octanol–water partition coefficient (Wildman–Crippen LogP) is 5.85. The van der Waals surface area contributed by atoms with E-state index in [1.807, 2.05) is 31.2 Å². The fourth-order valence-corrected chi connectivity index (χ4v) is 3.32. The van der Waals surface area contributed by atoms with Crippen molar-refractivity contribution in [1.29, 1.82) is 0 Å². The molecule has 0 amide bonds. The molecule has 0 N–H and O–H groups in total. The van der Waals surface area contributed by atoms with Crippen molar-refractivity contribution in [2.45, 2.75) is 52.6 Å². The van der Waals surface area contributed by atoms with Crippen LogP contribution >= 0.6 is 0 Å². The summed E-state index contributed by atoms with van der Waals surface area (Å²) in [5, 5.41) is 0. The second kappa shape index (κ2) is 8.50. The second-order valence-electron chi connectivity index (χ2n) is 7.73. The fraction of sp³-hybridized carbons (Fsp3) is 0.435. The van der Waals surface area contributed by atoms with Crippen LogP contribution in [0.5, 0.6) is 0 Å². The second-order valence-corrected chi connectivity index (χ2v) is 7.73. The Balaban J connectivity index is 2.09. The molecule has 0 bridgehead atoms. The lowest BCUT2D eigenvalue weighted by Gasteiger charge is -2.33. The monoisotopic (exact) mass is 354 g/mol. The fourth-order valence-electron chi connectivity index (χ4n) is 3.32. The molecule has 1 atom stereocenters. The van der Waals surface area contributed by atoms with E-state index >= 15 is 0 Å². The van der Waals surface area contributed by atoms with Crippen molar-refractivity contribution in [3.8, 4) is 0 Å². The van der Waals surface area contributed by atoms with Gasteiger partial charge in [-0.15, -0.1) is 0 Å². The van der Waals surface area contributed by atoms with Gasteiger partial charge in [-0.3, -0.25) is 0 Å². The summed E-state index contributed by atoms with van der Waals surface area (Å²) in [7, 11) is 1.65. The van der Waals surface area contributed by atoms with E-state index in [0.717, 1.165) is 6.42 Å². The maximum Gasteiger partial charge on any atom is 0.342 e. The van der Waals surface area contributed by atoms with Crippen molar-refractivity contribution in [3.63, 3.8) is 0 Å². The number of hydrogen-bond donors (Lipinski definition) is 0. The Hall–Kier alpha value is -2.13. The van der Waals surface area contributed by atoms with E-state index in [1.54, 1.807) is 25.3 Å². The van der Waals surface area contributed by atoms with E-state index in [4.69, 9.17) is 9.47 Å². The lowest BCUT2D eigenvalue weighted by atomic mass is 9.72. The quantitative estimate of drug-likeness (QED) is 0.475. The van der Waals surface area contributed by atoms with Crippen LogP contribution in [0.4, 0.5) is 0 Å². The van der Waals surface area contributed by atoms with E-state index in [9.17, 15) is 4.79 Å². The third-order valence-corrected chi connectivity index (χ3v) is 5.15. The summed E-state index contributed by atoms with van der Waals surface area (Å²) < 4.78 is 10.9. The van der Waals surface area contributed by atoms with Crippen LogP contribution in [-0.4, -0.2) is 18.7 Å². The number of hydrogen-bond acceptors (Lipinski definition) is 3. The van der Waals surface area contributed by atoms with Crippen LogP contribution in [-0.2, 0) is 9.47 Å². The highest BCUT2D eigenvalue weighted by Gasteiger charge is 2.27. The van der Waals surface area contributed by atoms with Gasteiger partial charge in [0.25, 0.3) is 0 Å². The van der Waals surface area contributed by atoms with Crippen molar-refractivity contribution in [2.24, 2.45) is 5.41 Å². The van der Waals surface area contributed by atoms with Crippen LogP contribution < -0.4 is 0 Å². The minimum atomic E-state index is -0.641. The van der Waals surface area contributed by atoms with Crippen LogP contribution in [0.15, 0.2) is 66.0 Å². The molecule has 1 aliphatic rings. The Kier molecular flexibility index (Phi) is 6.60. The average molecular weight is 354 g/mol. The molecule has 3 nitrogen and oxygen atoms in total. The number of benzene rings is 1. The Morgan fingerprint density at radius 1 is 1.19 bits per heavy atom. The Labute approximate surface area is 157 Å². The first kappa shape index (κ1) is 20.2. The molecule has 26 heavy (non-hydrogen) atoms. The summed E-state index contributed by atoms with van der Waals surface area (Å²) in [5.74, 6) is -0.378. The molecule has 0 fully saturated rings. The van der Waals surface area contributed by atoms with E-state index < -0.39 is 5.60 Å². The molecule has 1 aliphatic carbocycles. The van der Waals surface area contributed by atoms with E-state index in [2.05, 4.69) is 26.8 Å². The van der Waals surface area contributed by atoms with Gasteiger partial charge in [0.2, 0.25) is 0 Å². The number of ether oxygens (including phenoxy) is 2. The zero-order valence-corrected chi connectivity index (χ0v) is 16.5. The molecule has 0 radical (unpaired) electrons. The number of methoxy groups -OCH3 is 1. The van der Waals surface area contributed by atoms with Gasteiger partial charge in [-0.25, -0.2) is 4.79 Å². The van der Waals surface area contributed by atoms with Crippen molar-refractivity contribution in [3.05, 3.63) is 71.5 Å². The summed E-state index contributed by atoms with van der Waals surface area (Å²) in [4.78, 5) is 12.0. The third kappa shape index (κ3) is 5.18. The van der Waals surface area contributed by atoms with Crippen molar-refractivity contribution < 1.29 is 14.3 Å². The SMILES string of the molecule is COC(C)(/C=C\OC(=O)c1ccccc1)/C=C/C1=C(C)CCCC1(C)C.